The molecule has 1 amide bonds. The molecule has 0 aromatic heterocycles. The Morgan fingerprint density at radius 2 is 0.744 bits per heavy atom. The van der Waals surface area contributed by atoms with Crippen molar-refractivity contribution >= 4 is 5.91 Å². The second kappa shape index (κ2) is 33.6. The van der Waals surface area contributed by atoms with Gasteiger partial charge in [-0.05, 0) is 12.8 Å². The number of rotatable bonds is 33. The molecule has 0 aliphatic carbocycles. The molecule has 0 heterocycles. The average Bonchev–Trinajstić information content (AvgIpc) is 2.94. The molecule has 0 aromatic rings. The van der Waals surface area contributed by atoms with Crippen LogP contribution in [-0.2, 0) is 4.79 Å². The lowest BCUT2D eigenvalue weighted by Gasteiger charge is -2.12. The first-order chi connectivity index (χ1) is 19.2. The molecule has 0 saturated carbocycles. The molecule has 0 saturated heterocycles. The van der Waals surface area contributed by atoms with Crippen LogP contribution in [0.15, 0.2) is 0 Å². The molecule has 0 radical (unpaired) electrons. The van der Waals surface area contributed by atoms with Crippen molar-refractivity contribution in [3.8, 4) is 0 Å². The molecule has 1 unspecified atom stereocenters. The van der Waals surface area contributed by atoms with Gasteiger partial charge in [-0.15, -0.1) is 0 Å². The summed E-state index contributed by atoms with van der Waals surface area (Å²) < 4.78 is 0. The van der Waals surface area contributed by atoms with Crippen LogP contribution in [-0.4, -0.2) is 23.7 Å². The Morgan fingerprint density at radius 3 is 1.08 bits per heavy atom. The Bertz CT molecular complexity index is 467. The fraction of sp³-hybridized carbons (Fsp3) is 0.972. The highest BCUT2D eigenvalue weighted by molar-refractivity contribution is 5.75. The summed E-state index contributed by atoms with van der Waals surface area (Å²) >= 11 is 0. The van der Waals surface area contributed by atoms with Gasteiger partial charge in [0, 0.05) is 13.0 Å². The van der Waals surface area contributed by atoms with Gasteiger partial charge in [0.05, 0.1) is 6.10 Å². The van der Waals surface area contributed by atoms with E-state index in [1.165, 1.54) is 167 Å². The van der Waals surface area contributed by atoms with Crippen molar-refractivity contribution in [1.29, 1.82) is 0 Å². The van der Waals surface area contributed by atoms with Crippen molar-refractivity contribution in [2.24, 2.45) is 0 Å². The zero-order valence-corrected chi connectivity index (χ0v) is 27.1. The molecule has 0 spiro atoms. The van der Waals surface area contributed by atoms with E-state index in [4.69, 9.17) is 0 Å². The molecular weight excluding hydrogens is 478 g/mol. The van der Waals surface area contributed by atoms with Gasteiger partial charge in [0.1, 0.15) is 0 Å². The predicted octanol–water partition coefficient (Wildman–Crippen LogP) is 11.6. The lowest BCUT2D eigenvalue weighted by atomic mass is 10.0. The molecule has 39 heavy (non-hydrogen) atoms. The topological polar surface area (TPSA) is 49.3 Å². The molecule has 3 heteroatoms. The van der Waals surface area contributed by atoms with Gasteiger partial charge in [-0.25, -0.2) is 0 Å². The van der Waals surface area contributed by atoms with Crippen molar-refractivity contribution in [1.82, 2.24) is 5.32 Å². The second-order valence-electron chi connectivity index (χ2n) is 12.5. The van der Waals surface area contributed by atoms with Crippen molar-refractivity contribution in [3.05, 3.63) is 0 Å². The van der Waals surface area contributed by atoms with Gasteiger partial charge in [0.25, 0.3) is 0 Å². The van der Waals surface area contributed by atoms with Crippen LogP contribution in [0.4, 0.5) is 0 Å². The van der Waals surface area contributed by atoms with Gasteiger partial charge in [0.15, 0.2) is 0 Å². The van der Waals surface area contributed by atoms with Gasteiger partial charge < -0.3 is 10.4 Å². The maximum absolute atomic E-state index is 12.1. The largest absolute Gasteiger partial charge is 0.391 e. The molecule has 2 N–H and O–H groups in total. The van der Waals surface area contributed by atoms with E-state index in [0.29, 0.717) is 13.0 Å². The first kappa shape index (κ1) is 38.4. The lowest BCUT2D eigenvalue weighted by Crippen LogP contribution is -2.31. The first-order valence-electron chi connectivity index (χ1n) is 18.2. The van der Waals surface area contributed by atoms with Crippen LogP contribution in [0.25, 0.3) is 0 Å². The van der Waals surface area contributed by atoms with E-state index in [9.17, 15) is 9.90 Å². The molecule has 0 fully saturated rings. The maximum Gasteiger partial charge on any atom is 0.220 e. The number of nitrogens with one attached hydrogen (secondary N) is 1. The Labute approximate surface area is 246 Å². The van der Waals surface area contributed by atoms with Crippen molar-refractivity contribution in [2.75, 3.05) is 6.54 Å². The Kier molecular flexibility index (Phi) is 33.1. The zero-order chi connectivity index (χ0) is 28.5. The minimum absolute atomic E-state index is 0.115. The fourth-order valence-electron chi connectivity index (χ4n) is 5.65. The highest BCUT2D eigenvalue weighted by atomic mass is 16.3. The van der Waals surface area contributed by atoms with Crippen molar-refractivity contribution in [3.63, 3.8) is 0 Å². The number of unbranched alkanes of at least 4 members (excludes halogenated alkanes) is 27. The molecular formula is C36H73NO2. The van der Waals surface area contributed by atoms with Gasteiger partial charge >= 0.3 is 0 Å². The number of carbonyl (C=O) groups is 1. The quantitative estimate of drug-likeness (QED) is 0.0797. The summed E-state index contributed by atoms with van der Waals surface area (Å²) in [5, 5.41) is 13.1. The standard InChI is InChI=1S/C36H73NO2/c1-3-5-7-9-11-13-15-17-19-21-23-25-27-29-31-33-36(39)37-34-35(38)32-30-28-26-24-22-20-18-16-14-12-10-8-6-4-2/h35,38H,3-34H2,1-2H3,(H,37,39). The van der Waals surface area contributed by atoms with Crippen LogP contribution < -0.4 is 5.32 Å². The van der Waals surface area contributed by atoms with E-state index in [1.54, 1.807) is 0 Å². The van der Waals surface area contributed by atoms with Crippen LogP contribution in [0.5, 0.6) is 0 Å². The van der Waals surface area contributed by atoms with Gasteiger partial charge in [-0.3, -0.25) is 4.79 Å². The number of hydrogen-bond acceptors (Lipinski definition) is 2. The summed E-state index contributed by atoms with van der Waals surface area (Å²) in [5.74, 6) is 0.115. The van der Waals surface area contributed by atoms with E-state index in [-0.39, 0.29) is 12.0 Å². The average molecular weight is 552 g/mol. The molecule has 0 aliphatic rings. The van der Waals surface area contributed by atoms with E-state index >= 15 is 0 Å². The normalized spacial score (nSPS) is 12.2. The van der Waals surface area contributed by atoms with Crippen LogP contribution in [0.1, 0.15) is 213 Å². The third-order valence-corrected chi connectivity index (χ3v) is 8.43. The predicted molar refractivity (Wildman–Crippen MR) is 173 cm³/mol. The van der Waals surface area contributed by atoms with Crippen LogP contribution in [0.2, 0.25) is 0 Å². The summed E-state index contributed by atoms with van der Waals surface area (Å²) in [6.45, 7) is 4.99. The molecule has 0 aromatic carbocycles. The van der Waals surface area contributed by atoms with Crippen molar-refractivity contribution < 1.29 is 9.90 Å². The second-order valence-corrected chi connectivity index (χ2v) is 12.5. The summed E-state index contributed by atoms with van der Waals surface area (Å²) in [6.07, 6.45) is 40.2. The summed E-state index contributed by atoms with van der Waals surface area (Å²) in [4.78, 5) is 12.1. The zero-order valence-electron chi connectivity index (χ0n) is 27.1. The summed E-state index contributed by atoms with van der Waals surface area (Å²) in [6, 6.07) is 0. The third-order valence-electron chi connectivity index (χ3n) is 8.43. The van der Waals surface area contributed by atoms with E-state index in [2.05, 4.69) is 19.2 Å². The molecule has 1 atom stereocenters. The number of aliphatic hydroxyl groups excluding tert-OH is 1. The minimum atomic E-state index is -0.382. The molecule has 3 nitrogen and oxygen atoms in total. The SMILES string of the molecule is CCCCCCCCCCCCCCCCCC(=O)NCC(O)CCCCCCCCCCCCCCCC. The monoisotopic (exact) mass is 552 g/mol. The summed E-state index contributed by atoms with van der Waals surface area (Å²) in [7, 11) is 0. The Morgan fingerprint density at radius 1 is 0.462 bits per heavy atom. The third kappa shape index (κ3) is 33.5. The molecule has 0 bridgehead atoms. The number of hydrogen-bond donors (Lipinski definition) is 2. The van der Waals surface area contributed by atoms with E-state index in [0.717, 1.165) is 25.7 Å². The van der Waals surface area contributed by atoms with Crippen LogP contribution in [0.3, 0.4) is 0 Å². The molecule has 0 rings (SSSR count). The number of carbonyl (C=O) groups excluding carboxylic acids is 1. The van der Waals surface area contributed by atoms with Gasteiger partial charge in [-0.1, -0.05) is 194 Å². The first-order valence-corrected chi connectivity index (χ1v) is 18.2. The number of aliphatic hydroxyl groups is 1. The van der Waals surface area contributed by atoms with Crippen LogP contribution in [0, 0.1) is 0 Å². The highest BCUT2D eigenvalue weighted by Crippen LogP contribution is 2.15. The van der Waals surface area contributed by atoms with E-state index in [1.807, 2.05) is 0 Å². The molecule has 0 aliphatic heterocycles. The van der Waals surface area contributed by atoms with Gasteiger partial charge in [-0.2, -0.15) is 0 Å². The lowest BCUT2D eigenvalue weighted by molar-refractivity contribution is -0.121. The Balaban J connectivity index is 3.26. The van der Waals surface area contributed by atoms with Crippen molar-refractivity contribution in [2.45, 2.75) is 219 Å². The maximum atomic E-state index is 12.1. The summed E-state index contributed by atoms with van der Waals surface area (Å²) in [5.41, 5.74) is 0. The van der Waals surface area contributed by atoms with Gasteiger partial charge in [0.2, 0.25) is 5.91 Å². The highest BCUT2D eigenvalue weighted by Gasteiger charge is 2.07. The fourth-order valence-corrected chi connectivity index (χ4v) is 5.65. The van der Waals surface area contributed by atoms with E-state index < -0.39 is 0 Å². The molecule has 234 valence electrons. The number of amides is 1. The Hall–Kier alpha value is -0.570. The minimum Gasteiger partial charge on any atom is -0.391 e. The smallest absolute Gasteiger partial charge is 0.220 e. The van der Waals surface area contributed by atoms with Crippen LogP contribution >= 0.6 is 0 Å².